The van der Waals surface area contributed by atoms with Crippen molar-refractivity contribution >= 4 is 12.1 Å². The summed E-state index contributed by atoms with van der Waals surface area (Å²) in [5.41, 5.74) is 0.865. The summed E-state index contributed by atoms with van der Waals surface area (Å²) in [5, 5.41) is 0. The van der Waals surface area contributed by atoms with Crippen LogP contribution in [0.4, 0.5) is 4.79 Å². The molecule has 7 nitrogen and oxygen atoms in total. The Morgan fingerprint density at radius 3 is 2.56 bits per heavy atom. The fourth-order valence-corrected chi connectivity index (χ4v) is 3.36. The predicted molar refractivity (Wildman–Crippen MR) is 102 cm³/mol. The van der Waals surface area contributed by atoms with Crippen LogP contribution >= 0.6 is 0 Å². The van der Waals surface area contributed by atoms with Gasteiger partial charge in [-0.25, -0.2) is 4.79 Å². The number of hydrogen-bond acceptors (Lipinski definition) is 5. The molecule has 0 radical (unpaired) electrons. The van der Waals surface area contributed by atoms with Crippen LogP contribution in [0.3, 0.4) is 0 Å². The zero-order valence-corrected chi connectivity index (χ0v) is 16.8. The van der Waals surface area contributed by atoms with Crippen molar-refractivity contribution in [1.29, 1.82) is 0 Å². The van der Waals surface area contributed by atoms with Crippen LogP contribution in [0.2, 0.25) is 0 Å². The standard InChI is InChI=1S/C20H30N2O5/c1-6-14-10-13(11-17(23)21-14)15-8-9-22(19(25)27-20(3,4)5)12-16(15)18(24)26-7-2/h10-11,15-16H,6-9,12H2,1-5H3,(H,21,23). The maximum Gasteiger partial charge on any atom is 0.410 e. The number of carbonyl (C=O) groups is 2. The van der Waals surface area contributed by atoms with E-state index in [-0.39, 0.29) is 30.6 Å². The number of pyridine rings is 1. The third-order valence-electron chi connectivity index (χ3n) is 4.59. The number of ether oxygens (including phenoxy) is 2. The highest BCUT2D eigenvalue weighted by molar-refractivity contribution is 5.76. The SMILES string of the molecule is CCOC(=O)C1CN(C(=O)OC(C)(C)C)CCC1c1cc(CC)[nH]c(=O)c1. The molecule has 7 heteroatoms. The van der Waals surface area contributed by atoms with Gasteiger partial charge in [-0.15, -0.1) is 0 Å². The molecule has 1 aromatic heterocycles. The zero-order valence-electron chi connectivity index (χ0n) is 16.8. The first-order valence-electron chi connectivity index (χ1n) is 9.52. The number of hydrogen-bond donors (Lipinski definition) is 1. The van der Waals surface area contributed by atoms with E-state index < -0.39 is 17.6 Å². The lowest BCUT2D eigenvalue weighted by atomic mass is 9.80. The van der Waals surface area contributed by atoms with E-state index in [9.17, 15) is 14.4 Å². The lowest BCUT2D eigenvalue weighted by Crippen LogP contribution is -2.47. The number of aromatic nitrogens is 1. The van der Waals surface area contributed by atoms with Gasteiger partial charge in [-0.05, 0) is 52.2 Å². The average molecular weight is 378 g/mol. The summed E-state index contributed by atoms with van der Waals surface area (Å²) >= 11 is 0. The predicted octanol–water partition coefficient (Wildman–Crippen LogP) is 2.84. The minimum Gasteiger partial charge on any atom is -0.466 e. The molecule has 0 aromatic carbocycles. The smallest absolute Gasteiger partial charge is 0.410 e. The van der Waals surface area contributed by atoms with E-state index in [0.29, 0.717) is 19.4 Å². The number of rotatable bonds is 4. The van der Waals surface area contributed by atoms with Crippen LogP contribution in [0.15, 0.2) is 16.9 Å². The Labute approximate surface area is 160 Å². The molecular formula is C20H30N2O5. The van der Waals surface area contributed by atoms with Crippen LogP contribution in [0.1, 0.15) is 58.2 Å². The molecule has 1 saturated heterocycles. The number of nitrogens with one attached hydrogen (secondary N) is 1. The molecule has 1 N–H and O–H groups in total. The Hall–Kier alpha value is -2.31. The number of H-pyrrole nitrogens is 1. The van der Waals surface area contributed by atoms with E-state index in [1.54, 1.807) is 17.9 Å². The Morgan fingerprint density at radius 1 is 1.26 bits per heavy atom. The summed E-state index contributed by atoms with van der Waals surface area (Å²) < 4.78 is 10.7. The maximum atomic E-state index is 12.6. The summed E-state index contributed by atoms with van der Waals surface area (Å²) in [6.45, 7) is 10.1. The highest BCUT2D eigenvalue weighted by Crippen LogP contribution is 2.34. The molecule has 0 bridgehead atoms. The molecule has 1 aliphatic rings. The van der Waals surface area contributed by atoms with Crippen molar-refractivity contribution < 1.29 is 19.1 Å². The van der Waals surface area contributed by atoms with Crippen LogP contribution in [0, 0.1) is 5.92 Å². The fourth-order valence-electron chi connectivity index (χ4n) is 3.36. The first-order valence-corrected chi connectivity index (χ1v) is 9.52. The molecule has 1 aliphatic heterocycles. The Morgan fingerprint density at radius 2 is 1.96 bits per heavy atom. The topological polar surface area (TPSA) is 88.7 Å². The quantitative estimate of drug-likeness (QED) is 0.814. The van der Waals surface area contributed by atoms with Crippen LogP contribution in [-0.2, 0) is 20.7 Å². The van der Waals surface area contributed by atoms with Crippen molar-refractivity contribution in [3.63, 3.8) is 0 Å². The van der Waals surface area contributed by atoms with Crippen LogP contribution in [-0.4, -0.2) is 47.2 Å². The molecule has 0 saturated carbocycles. The third kappa shape index (κ3) is 5.58. The number of aromatic amines is 1. The van der Waals surface area contributed by atoms with Gasteiger partial charge in [0.1, 0.15) is 5.60 Å². The van der Waals surface area contributed by atoms with Crippen LogP contribution < -0.4 is 5.56 Å². The lowest BCUT2D eigenvalue weighted by Gasteiger charge is -2.38. The maximum absolute atomic E-state index is 12.6. The van der Waals surface area contributed by atoms with Gasteiger partial charge in [0.25, 0.3) is 0 Å². The van der Waals surface area contributed by atoms with Crippen molar-refractivity contribution in [3.05, 3.63) is 33.7 Å². The zero-order chi connectivity index (χ0) is 20.2. The van der Waals surface area contributed by atoms with Gasteiger partial charge < -0.3 is 19.4 Å². The van der Waals surface area contributed by atoms with E-state index in [1.165, 1.54) is 0 Å². The van der Waals surface area contributed by atoms with Crippen molar-refractivity contribution in [3.8, 4) is 0 Å². The van der Waals surface area contributed by atoms with E-state index in [1.807, 2.05) is 33.8 Å². The van der Waals surface area contributed by atoms with Gasteiger partial charge in [0.2, 0.25) is 5.56 Å². The van der Waals surface area contributed by atoms with E-state index in [4.69, 9.17) is 9.47 Å². The van der Waals surface area contributed by atoms with Gasteiger partial charge >= 0.3 is 12.1 Å². The van der Waals surface area contributed by atoms with Crippen molar-refractivity contribution in [1.82, 2.24) is 9.88 Å². The van der Waals surface area contributed by atoms with Gasteiger partial charge in [-0.3, -0.25) is 9.59 Å². The monoisotopic (exact) mass is 378 g/mol. The second-order valence-electron chi connectivity index (χ2n) is 7.84. The molecule has 1 amide bonds. The van der Waals surface area contributed by atoms with E-state index >= 15 is 0 Å². The first kappa shape index (κ1) is 21.0. The summed E-state index contributed by atoms with van der Waals surface area (Å²) in [4.78, 5) is 41.4. The van der Waals surface area contributed by atoms with Gasteiger partial charge in [0.15, 0.2) is 0 Å². The van der Waals surface area contributed by atoms with Crippen LogP contribution in [0.25, 0.3) is 0 Å². The first-order chi connectivity index (χ1) is 12.6. The second kappa shape index (κ2) is 8.59. The molecule has 1 fully saturated rings. The van der Waals surface area contributed by atoms with E-state index in [0.717, 1.165) is 11.3 Å². The molecule has 1 aromatic rings. The number of likely N-dealkylation sites (tertiary alicyclic amines) is 1. The molecule has 150 valence electrons. The van der Waals surface area contributed by atoms with Gasteiger partial charge in [0.05, 0.1) is 12.5 Å². The minimum absolute atomic E-state index is 0.171. The molecule has 2 rings (SSSR count). The fraction of sp³-hybridized carbons (Fsp3) is 0.650. The Bertz CT molecular complexity index is 735. The summed E-state index contributed by atoms with van der Waals surface area (Å²) in [5.74, 6) is -1.05. The normalized spacial score (nSPS) is 20.3. The second-order valence-corrected chi connectivity index (χ2v) is 7.84. The van der Waals surface area contributed by atoms with E-state index in [2.05, 4.69) is 4.98 Å². The lowest BCUT2D eigenvalue weighted by molar-refractivity contribution is -0.150. The highest BCUT2D eigenvalue weighted by Gasteiger charge is 2.39. The number of esters is 1. The number of carbonyl (C=O) groups excluding carboxylic acids is 2. The minimum atomic E-state index is -0.601. The molecule has 0 spiro atoms. The van der Waals surface area contributed by atoms with Gasteiger partial charge in [-0.1, -0.05) is 6.92 Å². The molecule has 2 unspecified atom stereocenters. The summed E-state index contributed by atoms with van der Waals surface area (Å²) in [7, 11) is 0. The van der Waals surface area contributed by atoms with Crippen molar-refractivity contribution in [2.45, 2.75) is 59.0 Å². The Balaban J connectivity index is 2.28. The Kier molecular flexibility index (Phi) is 6.68. The van der Waals surface area contributed by atoms with Crippen molar-refractivity contribution in [2.24, 2.45) is 5.92 Å². The van der Waals surface area contributed by atoms with Gasteiger partial charge in [-0.2, -0.15) is 0 Å². The molecule has 2 heterocycles. The third-order valence-corrected chi connectivity index (χ3v) is 4.59. The number of nitrogens with zero attached hydrogens (tertiary/aromatic N) is 1. The molecule has 2 atom stereocenters. The number of piperidine rings is 1. The largest absolute Gasteiger partial charge is 0.466 e. The molecule has 27 heavy (non-hydrogen) atoms. The summed E-state index contributed by atoms with van der Waals surface area (Å²) in [6.07, 6.45) is 0.828. The summed E-state index contributed by atoms with van der Waals surface area (Å²) in [6, 6.07) is 3.47. The number of aryl methyl sites for hydroxylation is 1. The average Bonchev–Trinajstić information content (AvgIpc) is 2.59. The van der Waals surface area contributed by atoms with Crippen LogP contribution in [0.5, 0.6) is 0 Å². The highest BCUT2D eigenvalue weighted by atomic mass is 16.6. The van der Waals surface area contributed by atoms with Gasteiger partial charge in [0, 0.05) is 30.8 Å². The number of amides is 1. The molecule has 0 aliphatic carbocycles. The van der Waals surface area contributed by atoms with Crippen molar-refractivity contribution in [2.75, 3.05) is 19.7 Å². The molecular weight excluding hydrogens is 348 g/mol.